The zero-order valence-corrected chi connectivity index (χ0v) is 15.8. The van der Waals surface area contributed by atoms with Crippen LogP contribution in [0.25, 0.3) is 21.7 Å². The molecule has 3 aromatic carbocycles. The highest BCUT2D eigenvalue weighted by Gasteiger charge is 2.19. The van der Waals surface area contributed by atoms with Crippen molar-refractivity contribution in [3.8, 4) is 5.75 Å². The fourth-order valence-corrected chi connectivity index (χ4v) is 3.32. The highest BCUT2D eigenvalue weighted by molar-refractivity contribution is 6.07. The molecule has 0 aliphatic rings. The van der Waals surface area contributed by atoms with E-state index < -0.39 is 16.5 Å². The van der Waals surface area contributed by atoms with Crippen LogP contribution in [-0.4, -0.2) is 18.0 Å². The fraction of sp³-hybridized carbons (Fsp3) is 0.0909. The number of hydrogen-bond donors (Lipinski definition) is 0. The Labute approximate surface area is 169 Å². The monoisotopic (exact) mass is 405 g/mol. The number of fused-ring (bicyclic) bond motifs is 3. The zero-order valence-electron chi connectivity index (χ0n) is 15.8. The molecule has 150 valence electrons. The summed E-state index contributed by atoms with van der Waals surface area (Å²) in [5, 5.41) is 13.6. The largest absolute Gasteiger partial charge is 0.490 e. The van der Waals surface area contributed by atoms with Crippen LogP contribution in [0.5, 0.6) is 5.75 Å². The topological polar surface area (TPSA) is 109 Å². The number of methoxy groups -OCH3 is 1. The van der Waals surface area contributed by atoms with E-state index in [4.69, 9.17) is 13.9 Å². The van der Waals surface area contributed by atoms with E-state index in [1.54, 1.807) is 6.07 Å². The summed E-state index contributed by atoms with van der Waals surface area (Å²) in [5.74, 6) is -0.725. The molecule has 0 fully saturated rings. The van der Waals surface area contributed by atoms with Gasteiger partial charge in [-0.15, -0.1) is 0 Å². The van der Waals surface area contributed by atoms with Gasteiger partial charge >= 0.3 is 17.3 Å². The first-order valence-corrected chi connectivity index (χ1v) is 8.92. The second-order valence-corrected chi connectivity index (χ2v) is 6.47. The number of nitrogens with zero attached hydrogens (tertiary/aromatic N) is 1. The summed E-state index contributed by atoms with van der Waals surface area (Å²) in [6.45, 7) is -0.200. The van der Waals surface area contributed by atoms with Crippen LogP contribution in [0.4, 0.5) is 5.69 Å². The molecular formula is C22H15NO7. The maximum Gasteiger partial charge on any atom is 0.338 e. The lowest BCUT2D eigenvalue weighted by molar-refractivity contribution is -0.385. The van der Waals surface area contributed by atoms with E-state index in [1.165, 1.54) is 25.3 Å². The molecule has 0 saturated carbocycles. The van der Waals surface area contributed by atoms with E-state index in [0.29, 0.717) is 16.5 Å². The van der Waals surface area contributed by atoms with Crippen molar-refractivity contribution in [2.75, 3.05) is 7.11 Å². The minimum Gasteiger partial charge on any atom is -0.490 e. The molecule has 1 heterocycles. The molecule has 4 rings (SSSR count). The maximum atomic E-state index is 12.5. The van der Waals surface area contributed by atoms with Gasteiger partial charge in [-0.3, -0.25) is 10.1 Å². The maximum absolute atomic E-state index is 12.5. The number of benzene rings is 3. The van der Waals surface area contributed by atoms with Crippen molar-refractivity contribution in [2.45, 2.75) is 6.61 Å². The molecule has 8 nitrogen and oxygen atoms in total. The predicted molar refractivity (Wildman–Crippen MR) is 109 cm³/mol. The van der Waals surface area contributed by atoms with Gasteiger partial charge in [-0.05, 0) is 29.0 Å². The summed E-state index contributed by atoms with van der Waals surface area (Å²) >= 11 is 0. The van der Waals surface area contributed by atoms with Crippen molar-refractivity contribution >= 4 is 33.4 Å². The number of hydrogen-bond acceptors (Lipinski definition) is 7. The first kappa shape index (κ1) is 19.1. The molecule has 0 saturated heterocycles. The van der Waals surface area contributed by atoms with Crippen LogP contribution >= 0.6 is 0 Å². The Morgan fingerprint density at radius 3 is 2.67 bits per heavy atom. The minimum absolute atomic E-state index is 0.000343. The number of nitro groups is 1. The average molecular weight is 405 g/mol. The molecule has 4 aromatic rings. The van der Waals surface area contributed by atoms with E-state index in [0.717, 1.165) is 16.8 Å². The van der Waals surface area contributed by atoms with Gasteiger partial charge in [-0.1, -0.05) is 30.3 Å². The molecule has 0 unspecified atom stereocenters. The summed E-state index contributed by atoms with van der Waals surface area (Å²) in [4.78, 5) is 35.0. The molecule has 0 radical (unpaired) electrons. The first-order valence-electron chi connectivity index (χ1n) is 8.92. The second-order valence-electron chi connectivity index (χ2n) is 6.47. The summed E-state index contributed by atoms with van der Waals surface area (Å²) in [5.41, 5.74) is -0.0472. The Morgan fingerprint density at radius 1 is 1.10 bits per heavy atom. The van der Waals surface area contributed by atoms with Crippen LogP contribution in [0.15, 0.2) is 69.9 Å². The van der Waals surface area contributed by atoms with Crippen LogP contribution in [-0.2, 0) is 11.3 Å². The van der Waals surface area contributed by atoms with Gasteiger partial charge in [0, 0.05) is 23.1 Å². The Bertz CT molecular complexity index is 1360. The molecular weight excluding hydrogens is 390 g/mol. The smallest absolute Gasteiger partial charge is 0.338 e. The molecule has 0 atom stereocenters. The first-order chi connectivity index (χ1) is 14.5. The Hall–Kier alpha value is -4.20. The highest BCUT2D eigenvalue weighted by Crippen LogP contribution is 2.29. The number of ether oxygens (including phenoxy) is 2. The van der Waals surface area contributed by atoms with Crippen molar-refractivity contribution in [1.82, 2.24) is 0 Å². The molecule has 0 aliphatic carbocycles. The normalized spacial score (nSPS) is 10.8. The molecule has 0 aliphatic heterocycles. The lowest BCUT2D eigenvalue weighted by atomic mass is 10.0. The quantitative estimate of drug-likeness (QED) is 0.161. The summed E-state index contributed by atoms with van der Waals surface area (Å²) in [6.07, 6.45) is 0. The minimum atomic E-state index is -0.762. The number of carbonyl (C=O) groups is 1. The van der Waals surface area contributed by atoms with Crippen molar-refractivity contribution in [3.05, 3.63) is 92.3 Å². The number of nitro benzene ring substituents is 1. The van der Waals surface area contributed by atoms with Gasteiger partial charge in [0.15, 0.2) is 5.75 Å². The third-order valence-electron chi connectivity index (χ3n) is 4.68. The van der Waals surface area contributed by atoms with E-state index in [2.05, 4.69) is 0 Å². The summed E-state index contributed by atoms with van der Waals surface area (Å²) in [7, 11) is 1.30. The van der Waals surface area contributed by atoms with Gasteiger partial charge in [0.2, 0.25) is 0 Å². The Kier molecular flexibility index (Phi) is 4.89. The van der Waals surface area contributed by atoms with E-state index in [9.17, 15) is 19.7 Å². The fourth-order valence-electron chi connectivity index (χ4n) is 3.32. The van der Waals surface area contributed by atoms with Gasteiger partial charge in [-0.2, -0.15) is 0 Å². The molecule has 0 amide bonds. The number of esters is 1. The van der Waals surface area contributed by atoms with Crippen LogP contribution in [0.2, 0.25) is 0 Å². The van der Waals surface area contributed by atoms with Gasteiger partial charge < -0.3 is 13.9 Å². The van der Waals surface area contributed by atoms with Gasteiger partial charge in [-0.25, -0.2) is 9.59 Å². The zero-order chi connectivity index (χ0) is 21.3. The van der Waals surface area contributed by atoms with E-state index in [-0.39, 0.29) is 23.6 Å². The summed E-state index contributed by atoms with van der Waals surface area (Å²) in [6, 6.07) is 16.2. The van der Waals surface area contributed by atoms with E-state index in [1.807, 2.05) is 30.3 Å². The van der Waals surface area contributed by atoms with Gasteiger partial charge in [0.25, 0.3) is 0 Å². The van der Waals surface area contributed by atoms with Crippen LogP contribution < -0.4 is 10.4 Å². The summed E-state index contributed by atoms with van der Waals surface area (Å²) < 4.78 is 15.6. The molecule has 0 spiro atoms. The average Bonchev–Trinajstić information content (AvgIpc) is 2.76. The Balaban J connectivity index is 1.69. The molecule has 0 bridgehead atoms. The van der Waals surface area contributed by atoms with Crippen LogP contribution in [0.1, 0.15) is 15.9 Å². The lowest BCUT2D eigenvalue weighted by Crippen LogP contribution is -2.08. The van der Waals surface area contributed by atoms with Crippen molar-refractivity contribution < 1.29 is 23.6 Å². The van der Waals surface area contributed by atoms with Gasteiger partial charge in [0.1, 0.15) is 12.2 Å². The standard InChI is InChI=1S/C22H15NO7/c1-28-18-8-7-14(10-17(18)23(26)27)22(25)29-12-15-11-20(24)30-19-9-6-13-4-2-3-5-16(13)21(15)19/h2-11H,12H2,1H3. The molecule has 30 heavy (non-hydrogen) atoms. The van der Waals surface area contributed by atoms with Crippen LogP contribution in [0, 0.1) is 10.1 Å². The SMILES string of the molecule is COc1ccc(C(=O)OCc2cc(=O)oc3ccc4ccccc4c23)cc1[N+](=O)[O-]. The second kappa shape index (κ2) is 7.67. The van der Waals surface area contributed by atoms with Gasteiger partial charge in [0.05, 0.1) is 17.6 Å². The highest BCUT2D eigenvalue weighted by atomic mass is 16.6. The predicted octanol–water partition coefficient (Wildman–Crippen LogP) is 4.22. The van der Waals surface area contributed by atoms with Crippen molar-refractivity contribution in [3.63, 3.8) is 0 Å². The van der Waals surface area contributed by atoms with Crippen molar-refractivity contribution in [1.29, 1.82) is 0 Å². The molecule has 8 heteroatoms. The van der Waals surface area contributed by atoms with E-state index >= 15 is 0 Å². The third-order valence-corrected chi connectivity index (χ3v) is 4.68. The molecule has 1 aromatic heterocycles. The number of carbonyl (C=O) groups excluding carboxylic acids is 1. The van der Waals surface area contributed by atoms with Crippen LogP contribution in [0.3, 0.4) is 0 Å². The Morgan fingerprint density at radius 2 is 1.90 bits per heavy atom. The third kappa shape index (κ3) is 3.46. The van der Waals surface area contributed by atoms with Crippen molar-refractivity contribution in [2.24, 2.45) is 0 Å². The molecule has 0 N–H and O–H groups in total. The number of rotatable bonds is 5. The lowest BCUT2D eigenvalue weighted by Gasteiger charge is -2.10.